The lowest BCUT2D eigenvalue weighted by atomic mass is 9.92. The summed E-state index contributed by atoms with van der Waals surface area (Å²) in [5.41, 5.74) is 0.508. The lowest BCUT2D eigenvalue weighted by Crippen LogP contribution is -2.22. The molecule has 0 aliphatic rings. The fraction of sp³-hybridized carbons (Fsp3) is 0.286. The number of H-pyrrole nitrogens is 1. The summed E-state index contributed by atoms with van der Waals surface area (Å²) < 4.78 is 13.5. The van der Waals surface area contributed by atoms with Crippen LogP contribution >= 0.6 is 27.5 Å². The van der Waals surface area contributed by atoms with Crippen molar-refractivity contribution in [2.75, 3.05) is 0 Å². The second-order valence-electron chi connectivity index (χ2n) is 5.45. The third-order valence-electron chi connectivity index (χ3n) is 2.76. The van der Waals surface area contributed by atoms with Gasteiger partial charge in [0.2, 0.25) is 0 Å². The molecule has 0 saturated heterocycles. The van der Waals surface area contributed by atoms with Crippen LogP contribution in [0, 0.1) is 5.82 Å². The SMILES string of the molecule is CC(C)(C)c1nc(-c2ccc(F)cc2Cl)[nH]c(=O)c1Br. The minimum atomic E-state index is -0.436. The van der Waals surface area contributed by atoms with Crippen molar-refractivity contribution >= 4 is 27.5 Å². The summed E-state index contributed by atoms with van der Waals surface area (Å²) in [6, 6.07) is 3.96. The third-order valence-corrected chi connectivity index (χ3v) is 3.81. The van der Waals surface area contributed by atoms with E-state index in [2.05, 4.69) is 25.9 Å². The van der Waals surface area contributed by atoms with Crippen molar-refractivity contribution in [1.29, 1.82) is 0 Å². The summed E-state index contributed by atoms with van der Waals surface area (Å²) in [5, 5.41) is 0.204. The maximum absolute atomic E-state index is 13.1. The molecule has 20 heavy (non-hydrogen) atoms. The van der Waals surface area contributed by atoms with Crippen LogP contribution in [-0.2, 0) is 5.41 Å². The van der Waals surface area contributed by atoms with Gasteiger partial charge < -0.3 is 4.98 Å². The predicted octanol–water partition coefficient (Wildman–Crippen LogP) is 4.29. The lowest BCUT2D eigenvalue weighted by molar-refractivity contribution is 0.562. The zero-order valence-electron chi connectivity index (χ0n) is 11.2. The third kappa shape index (κ3) is 2.94. The Labute approximate surface area is 129 Å². The van der Waals surface area contributed by atoms with Gasteiger partial charge in [0, 0.05) is 11.0 Å². The van der Waals surface area contributed by atoms with Crippen LogP contribution in [0.15, 0.2) is 27.5 Å². The summed E-state index contributed by atoms with van der Waals surface area (Å²) in [7, 11) is 0. The Bertz CT molecular complexity index is 722. The molecule has 0 fully saturated rings. The van der Waals surface area contributed by atoms with Crippen molar-refractivity contribution in [3.63, 3.8) is 0 Å². The van der Waals surface area contributed by atoms with E-state index in [0.29, 0.717) is 21.6 Å². The van der Waals surface area contributed by atoms with E-state index in [1.54, 1.807) is 0 Å². The second kappa shape index (κ2) is 5.30. The van der Waals surface area contributed by atoms with Crippen molar-refractivity contribution in [3.8, 4) is 11.4 Å². The van der Waals surface area contributed by atoms with Crippen molar-refractivity contribution in [2.24, 2.45) is 0 Å². The van der Waals surface area contributed by atoms with Gasteiger partial charge in [-0.15, -0.1) is 0 Å². The Kier molecular flexibility index (Phi) is 4.02. The minimum Gasteiger partial charge on any atom is -0.305 e. The number of hydrogen-bond acceptors (Lipinski definition) is 2. The van der Waals surface area contributed by atoms with Gasteiger partial charge in [-0.1, -0.05) is 32.4 Å². The molecule has 0 aliphatic carbocycles. The van der Waals surface area contributed by atoms with Crippen LogP contribution in [0.3, 0.4) is 0 Å². The number of nitrogens with zero attached hydrogens (tertiary/aromatic N) is 1. The molecule has 1 aromatic heterocycles. The van der Waals surface area contributed by atoms with Gasteiger partial charge in [-0.05, 0) is 34.1 Å². The molecule has 1 heterocycles. The molecule has 0 radical (unpaired) electrons. The molecule has 106 valence electrons. The number of benzene rings is 1. The number of halogens is 3. The number of aromatic nitrogens is 2. The smallest absolute Gasteiger partial charge is 0.265 e. The van der Waals surface area contributed by atoms with E-state index in [1.807, 2.05) is 20.8 Å². The largest absolute Gasteiger partial charge is 0.305 e. The number of nitrogens with one attached hydrogen (secondary N) is 1. The summed E-state index contributed by atoms with van der Waals surface area (Å²) in [4.78, 5) is 19.1. The Morgan fingerprint density at radius 1 is 1.35 bits per heavy atom. The Morgan fingerprint density at radius 2 is 2.00 bits per heavy atom. The molecule has 0 saturated carbocycles. The first-order chi connectivity index (χ1) is 9.20. The van der Waals surface area contributed by atoms with Gasteiger partial charge in [0.05, 0.1) is 10.7 Å². The van der Waals surface area contributed by atoms with E-state index in [-0.39, 0.29) is 16.0 Å². The summed E-state index contributed by atoms with van der Waals surface area (Å²) in [5.74, 6) is -0.109. The van der Waals surface area contributed by atoms with Crippen LogP contribution in [-0.4, -0.2) is 9.97 Å². The van der Waals surface area contributed by atoms with E-state index in [0.717, 1.165) is 0 Å². The topological polar surface area (TPSA) is 45.8 Å². The van der Waals surface area contributed by atoms with Crippen molar-refractivity contribution in [1.82, 2.24) is 9.97 Å². The lowest BCUT2D eigenvalue weighted by Gasteiger charge is -2.19. The number of aromatic amines is 1. The molecule has 2 aromatic rings. The molecule has 1 N–H and O–H groups in total. The Morgan fingerprint density at radius 3 is 2.55 bits per heavy atom. The van der Waals surface area contributed by atoms with Gasteiger partial charge in [-0.2, -0.15) is 0 Å². The molecule has 0 atom stereocenters. The first-order valence-electron chi connectivity index (χ1n) is 5.96. The van der Waals surface area contributed by atoms with Crippen molar-refractivity contribution < 1.29 is 4.39 Å². The average Bonchev–Trinajstić information content (AvgIpc) is 2.31. The van der Waals surface area contributed by atoms with Gasteiger partial charge in [0.1, 0.15) is 16.1 Å². The highest BCUT2D eigenvalue weighted by atomic mass is 79.9. The molecule has 6 heteroatoms. The molecule has 3 nitrogen and oxygen atoms in total. The molecule has 2 rings (SSSR count). The maximum Gasteiger partial charge on any atom is 0.265 e. The molecule has 0 spiro atoms. The summed E-state index contributed by atoms with van der Waals surface area (Å²) in [6.07, 6.45) is 0. The molecule has 0 bridgehead atoms. The monoisotopic (exact) mass is 358 g/mol. The van der Waals surface area contributed by atoms with Crippen LogP contribution in [0.5, 0.6) is 0 Å². The van der Waals surface area contributed by atoms with Gasteiger partial charge in [0.25, 0.3) is 5.56 Å². The molecule has 0 aliphatic heterocycles. The van der Waals surface area contributed by atoms with Gasteiger partial charge in [0.15, 0.2) is 0 Å². The van der Waals surface area contributed by atoms with E-state index in [9.17, 15) is 9.18 Å². The highest BCUT2D eigenvalue weighted by molar-refractivity contribution is 9.10. The highest BCUT2D eigenvalue weighted by Crippen LogP contribution is 2.30. The van der Waals surface area contributed by atoms with Gasteiger partial charge in [-0.3, -0.25) is 4.79 Å². The molecular weight excluding hydrogens is 347 g/mol. The highest BCUT2D eigenvalue weighted by Gasteiger charge is 2.22. The first-order valence-corrected chi connectivity index (χ1v) is 7.13. The zero-order valence-corrected chi connectivity index (χ0v) is 13.6. The maximum atomic E-state index is 13.1. The predicted molar refractivity (Wildman–Crippen MR) is 81.7 cm³/mol. The van der Waals surface area contributed by atoms with Crippen LogP contribution < -0.4 is 5.56 Å². The van der Waals surface area contributed by atoms with Gasteiger partial charge in [-0.25, -0.2) is 9.37 Å². The van der Waals surface area contributed by atoms with Crippen LogP contribution in [0.25, 0.3) is 11.4 Å². The van der Waals surface area contributed by atoms with Crippen molar-refractivity contribution in [2.45, 2.75) is 26.2 Å². The molecule has 1 aromatic carbocycles. The number of rotatable bonds is 1. The molecule has 0 amide bonds. The van der Waals surface area contributed by atoms with Crippen LogP contribution in [0.2, 0.25) is 5.02 Å². The Hall–Kier alpha value is -1.20. The fourth-order valence-corrected chi connectivity index (χ4v) is 2.80. The zero-order chi connectivity index (χ0) is 15.1. The molecular formula is C14H13BrClFN2O. The summed E-state index contributed by atoms with van der Waals surface area (Å²) >= 11 is 9.26. The fourth-order valence-electron chi connectivity index (χ4n) is 1.76. The van der Waals surface area contributed by atoms with Crippen molar-refractivity contribution in [3.05, 3.63) is 49.6 Å². The minimum absolute atomic E-state index is 0.204. The quantitative estimate of drug-likeness (QED) is 0.825. The number of hydrogen-bond donors (Lipinski definition) is 1. The summed E-state index contributed by atoms with van der Waals surface area (Å²) in [6.45, 7) is 5.86. The molecule has 0 unspecified atom stereocenters. The van der Waals surface area contributed by atoms with Crippen LogP contribution in [0.1, 0.15) is 26.5 Å². The first kappa shape index (κ1) is 15.2. The van der Waals surface area contributed by atoms with E-state index in [4.69, 9.17) is 11.6 Å². The van der Waals surface area contributed by atoms with Crippen LogP contribution in [0.4, 0.5) is 4.39 Å². The van der Waals surface area contributed by atoms with E-state index >= 15 is 0 Å². The van der Waals surface area contributed by atoms with Gasteiger partial charge >= 0.3 is 0 Å². The van der Waals surface area contributed by atoms with E-state index in [1.165, 1.54) is 18.2 Å². The normalized spacial score (nSPS) is 11.7. The average molecular weight is 360 g/mol. The van der Waals surface area contributed by atoms with E-state index < -0.39 is 5.82 Å². The standard InChI is InChI=1S/C14H13BrClFN2O/c1-14(2,3)11-10(15)13(20)19-12(18-11)8-5-4-7(17)6-9(8)16/h4-6H,1-3H3,(H,18,19,20). The Balaban J connectivity index is 2.70. The second-order valence-corrected chi connectivity index (χ2v) is 6.65.